The van der Waals surface area contributed by atoms with E-state index in [-0.39, 0.29) is 12.1 Å². The normalized spacial score (nSPS) is 18.7. The fourth-order valence-corrected chi connectivity index (χ4v) is 2.53. The van der Waals surface area contributed by atoms with E-state index in [2.05, 4.69) is 6.07 Å². The molecule has 5 nitrogen and oxygen atoms in total. The zero-order valence-electron chi connectivity index (χ0n) is 12.9. The highest BCUT2D eigenvalue weighted by Gasteiger charge is 2.32. The highest BCUT2D eigenvalue weighted by atomic mass is 35.5. The lowest BCUT2D eigenvalue weighted by Crippen LogP contribution is -2.45. The standard InChI is InChI=1S/C16H19ClN2O3/c1-16(2,3)22-15(20)19-4-5-21-10-14(19)12-6-11(9-18)7-13(17)8-12/h6-8,14H,4-5,10H2,1-3H3/t14-/m0/s1. The molecule has 1 aromatic rings. The van der Waals surface area contributed by atoms with Gasteiger partial charge in [0.15, 0.2) is 0 Å². The Hall–Kier alpha value is -1.77. The molecular weight excluding hydrogens is 304 g/mol. The summed E-state index contributed by atoms with van der Waals surface area (Å²) in [7, 11) is 0. The molecule has 0 spiro atoms. The van der Waals surface area contributed by atoms with E-state index in [1.54, 1.807) is 23.1 Å². The van der Waals surface area contributed by atoms with Gasteiger partial charge in [0.05, 0.1) is 30.9 Å². The second kappa shape index (κ2) is 6.55. The number of halogens is 1. The van der Waals surface area contributed by atoms with Crippen molar-refractivity contribution < 1.29 is 14.3 Å². The maximum atomic E-state index is 12.4. The Bertz CT molecular complexity index is 604. The summed E-state index contributed by atoms with van der Waals surface area (Å²) in [6, 6.07) is 6.82. The third kappa shape index (κ3) is 4.12. The summed E-state index contributed by atoms with van der Waals surface area (Å²) in [4.78, 5) is 14.0. The molecule has 6 heteroatoms. The third-order valence-electron chi connectivity index (χ3n) is 3.19. The highest BCUT2D eigenvalue weighted by Crippen LogP contribution is 2.29. The van der Waals surface area contributed by atoms with Gasteiger partial charge in [-0.1, -0.05) is 11.6 Å². The SMILES string of the molecule is CC(C)(C)OC(=O)N1CCOC[C@H]1c1cc(Cl)cc(C#N)c1. The topological polar surface area (TPSA) is 62.6 Å². The number of benzene rings is 1. The summed E-state index contributed by atoms with van der Waals surface area (Å²) in [5.74, 6) is 0. The fraction of sp³-hybridized carbons (Fsp3) is 0.500. The summed E-state index contributed by atoms with van der Waals surface area (Å²) < 4.78 is 10.9. The molecule has 1 heterocycles. The van der Waals surface area contributed by atoms with Crippen molar-refractivity contribution in [3.05, 3.63) is 34.3 Å². The maximum Gasteiger partial charge on any atom is 0.410 e. The van der Waals surface area contributed by atoms with Crippen LogP contribution in [-0.4, -0.2) is 36.4 Å². The van der Waals surface area contributed by atoms with Crippen LogP contribution in [-0.2, 0) is 9.47 Å². The Morgan fingerprint density at radius 2 is 2.18 bits per heavy atom. The number of hydrogen-bond donors (Lipinski definition) is 0. The number of rotatable bonds is 1. The molecule has 0 aromatic heterocycles. The Morgan fingerprint density at radius 1 is 1.45 bits per heavy atom. The quantitative estimate of drug-likeness (QED) is 0.793. The average Bonchev–Trinajstić information content (AvgIpc) is 2.44. The molecule has 1 atom stereocenters. The number of carbonyl (C=O) groups excluding carboxylic acids is 1. The van der Waals surface area contributed by atoms with Crippen LogP contribution in [0.1, 0.15) is 37.9 Å². The van der Waals surface area contributed by atoms with Crippen molar-refractivity contribution in [1.82, 2.24) is 4.90 Å². The van der Waals surface area contributed by atoms with E-state index in [0.29, 0.717) is 30.3 Å². The van der Waals surface area contributed by atoms with Gasteiger partial charge < -0.3 is 9.47 Å². The highest BCUT2D eigenvalue weighted by molar-refractivity contribution is 6.30. The van der Waals surface area contributed by atoms with Crippen LogP contribution in [0.5, 0.6) is 0 Å². The van der Waals surface area contributed by atoms with E-state index in [1.165, 1.54) is 0 Å². The first kappa shape index (κ1) is 16.6. The van der Waals surface area contributed by atoms with Crippen LogP contribution in [0.4, 0.5) is 4.79 Å². The van der Waals surface area contributed by atoms with Gasteiger partial charge in [-0.05, 0) is 44.5 Å². The molecule has 1 aliphatic heterocycles. The molecule has 0 saturated carbocycles. The Kier molecular flexibility index (Phi) is 4.94. The molecule has 1 saturated heterocycles. The van der Waals surface area contributed by atoms with E-state index >= 15 is 0 Å². The first-order chi connectivity index (χ1) is 10.3. The lowest BCUT2D eigenvalue weighted by Gasteiger charge is -2.37. The Balaban J connectivity index is 2.29. The molecule has 0 N–H and O–H groups in total. The number of hydrogen-bond acceptors (Lipinski definition) is 4. The lowest BCUT2D eigenvalue weighted by atomic mass is 10.0. The van der Waals surface area contributed by atoms with Crippen molar-refractivity contribution in [3.63, 3.8) is 0 Å². The van der Waals surface area contributed by atoms with Gasteiger partial charge in [-0.25, -0.2) is 4.79 Å². The van der Waals surface area contributed by atoms with Crippen LogP contribution in [0.25, 0.3) is 0 Å². The monoisotopic (exact) mass is 322 g/mol. The molecular formula is C16H19ClN2O3. The summed E-state index contributed by atoms with van der Waals surface area (Å²) >= 11 is 6.06. The van der Waals surface area contributed by atoms with Gasteiger partial charge in [-0.3, -0.25) is 4.90 Å². The fourth-order valence-electron chi connectivity index (χ4n) is 2.29. The largest absolute Gasteiger partial charge is 0.444 e. The zero-order valence-corrected chi connectivity index (χ0v) is 13.7. The smallest absolute Gasteiger partial charge is 0.410 e. The van der Waals surface area contributed by atoms with Crippen molar-refractivity contribution in [1.29, 1.82) is 5.26 Å². The first-order valence-electron chi connectivity index (χ1n) is 7.08. The number of carbonyl (C=O) groups is 1. The second-order valence-corrected chi connectivity index (χ2v) is 6.59. The summed E-state index contributed by atoms with van der Waals surface area (Å²) in [5, 5.41) is 9.53. The van der Waals surface area contributed by atoms with E-state index in [0.717, 1.165) is 5.56 Å². The molecule has 0 bridgehead atoms. The van der Waals surface area contributed by atoms with Crippen molar-refractivity contribution >= 4 is 17.7 Å². The lowest BCUT2D eigenvalue weighted by molar-refractivity contribution is -0.0331. The van der Waals surface area contributed by atoms with Crippen LogP contribution in [0.3, 0.4) is 0 Å². The Labute approximate surface area is 135 Å². The van der Waals surface area contributed by atoms with E-state index in [4.69, 9.17) is 26.3 Å². The molecule has 0 unspecified atom stereocenters. The predicted molar refractivity (Wildman–Crippen MR) is 82.7 cm³/mol. The molecule has 0 aliphatic carbocycles. The molecule has 22 heavy (non-hydrogen) atoms. The van der Waals surface area contributed by atoms with Crippen LogP contribution in [0.15, 0.2) is 18.2 Å². The third-order valence-corrected chi connectivity index (χ3v) is 3.41. The number of ether oxygens (including phenoxy) is 2. The van der Waals surface area contributed by atoms with Crippen molar-refractivity contribution in [2.75, 3.05) is 19.8 Å². The van der Waals surface area contributed by atoms with E-state index in [9.17, 15) is 4.79 Å². The molecule has 1 fully saturated rings. The number of morpholine rings is 1. The average molecular weight is 323 g/mol. The van der Waals surface area contributed by atoms with Crippen LogP contribution in [0, 0.1) is 11.3 Å². The van der Waals surface area contributed by atoms with Gasteiger partial charge in [0.2, 0.25) is 0 Å². The van der Waals surface area contributed by atoms with Crippen LogP contribution < -0.4 is 0 Å². The molecule has 1 aromatic carbocycles. The van der Waals surface area contributed by atoms with Crippen LogP contribution in [0.2, 0.25) is 5.02 Å². The first-order valence-corrected chi connectivity index (χ1v) is 7.46. The maximum absolute atomic E-state index is 12.4. The summed E-state index contributed by atoms with van der Waals surface area (Å²) in [6.45, 7) is 6.73. The van der Waals surface area contributed by atoms with Gasteiger partial charge in [-0.2, -0.15) is 5.26 Å². The summed E-state index contributed by atoms with van der Waals surface area (Å²) in [6.07, 6.45) is -0.390. The minimum atomic E-state index is -0.563. The Morgan fingerprint density at radius 3 is 2.82 bits per heavy atom. The second-order valence-electron chi connectivity index (χ2n) is 6.15. The number of amides is 1. The summed E-state index contributed by atoms with van der Waals surface area (Å²) in [5.41, 5.74) is 0.665. The minimum Gasteiger partial charge on any atom is -0.444 e. The molecule has 1 aliphatic rings. The van der Waals surface area contributed by atoms with Gasteiger partial charge >= 0.3 is 6.09 Å². The number of nitriles is 1. The molecule has 0 radical (unpaired) electrons. The van der Waals surface area contributed by atoms with Gasteiger partial charge in [0, 0.05) is 11.6 Å². The van der Waals surface area contributed by atoms with Gasteiger partial charge in [0.1, 0.15) is 5.60 Å². The zero-order chi connectivity index (χ0) is 16.3. The minimum absolute atomic E-state index is 0.311. The molecule has 118 valence electrons. The van der Waals surface area contributed by atoms with Crippen LogP contribution >= 0.6 is 11.6 Å². The van der Waals surface area contributed by atoms with E-state index < -0.39 is 5.60 Å². The molecule has 2 rings (SSSR count). The van der Waals surface area contributed by atoms with Gasteiger partial charge in [0.25, 0.3) is 0 Å². The van der Waals surface area contributed by atoms with Crippen molar-refractivity contribution in [2.24, 2.45) is 0 Å². The van der Waals surface area contributed by atoms with Crippen molar-refractivity contribution in [3.8, 4) is 6.07 Å². The molecule has 1 amide bonds. The van der Waals surface area contributed by atoms with E-state index in [1.807, 2.05) is 20.8 Å². The van der Waals surface area contributed by atoms with Gasteiger partial charge in [-0.15, -0.1) is 0 Å². The number of nitrogens with zero attached hydrogens (tertiary/aromatic N) is 2. The predicted octanol–water partition coefficient (Wildman–Crippen LogP) is 3.52. The van der Waals surface area contributed by atoms with Crippen molar-refractivity contribution in [2.45, 2.75) is 32.4 Å².